The Kier molecular flexibility index (Phi) is 5.64. The van der Waals surface area contributed by atoms with Crippen molar-refractivity contribution in [3.05, 3.63) is 39.5 Å². The van der Waals surface area contributed by atoms with Crippen molar-refractivity contribution in [1.29, 1.82) is 0 Å². The van der Waals surface area contributed by atoms with Gasteiger partial charge in [0.2, 0.25) is 0 Å². The molecule has 0 unspecified atom stereocenters. The van der Waals surface area contributed by atoms with E-state index in [9.17, 15) is 18.0 Å². The quantitative estimate of drug-likeness (QED) is 0.418. The number of hydrogen-bond donors (Lipinski definition) is 0. The van der Waals surface area contributed by atoms with Crippen LogP contribution in [0.4, 0.5) is 13.2 Å². The summed E-state index contributed by atoms with van der Waals surface area (Å²) < 4.78 is 50.0. The summed E-state index contributed by atoms with van der Waals surface area (Å²) in [5.41, 5.74) is 0.472. The lowest BCUT2D eigenvalue weighted by molar-refractivity contribution is -0.185. The third-order valence-electron chi connectivity index (χ3n) is 4.80. The highest BCUT2D eigenvalue weighted by Gasteiger charge is 2.41. The average Bonchev–Trinajstić information content (AvgIpc) is 2.62. The molecule has 1 saturated carbocycles. The normalized spacial score (nSPS) is 20.8. The average molecular weight is 478 g/mol. The van der Waals surface area contributed by atoms with Gasteiger partial charge in [-0.3, -0.25) is 0 Å². The number of halogens is 4. The zero-order chi connectivity index (χ0) is 18.9. The monoisotopic (exact) mass is 478 g/mol. The van der Waals surface area contributed by atoms with Gasteiger partial charge in [0.05, 0.1) is 28.3 Å². The van der Waals surface area contributed by atoms with E-state index in [1.165, 1.54) is 7.11 Å². The van der Waals surface area contributed by atoms with Gasteiger partial charge in [-0.25, -0.2) is 4.79 Å². The molecule has 3 nitrogen and oxygen atoms in total. The Balaban J connectivity index is 1.80. The first-order valence-electron chi connectivity index (χ1n) is 8.34. The Morgan fingerprint density at radius 1 is 1.08 bits per heavy atom. The van der Waals surface area contributed by atoms with Gasteiger partial charge in [-0.2, -0.15) is 13.2 Å². The van der Waals surface area contributed by atoms with Crippen LogP contribution in [0.25, 0.3) is 10.8 Å². The van der Waals surface area contributed by atoms with Gasteiger partial charge in [0.15, 0.2) is 0 Å². The first kappa shape index (κ1) is 19.3. The molecule has 0 N–H and O–H groups in total. The van der Waals surface area contributed by atoms with E-state index in [-0.39, 0.29) is 18.9 Å². The van der Waals surface area contributed by atoms with Crippen molar-refractivity contribution in [1.82, 2.24) is 0 Å². The molecule has 1 fully saturated rings. The molecule has 26 heavy (non-hydrogen) atoms. The number of alkyl halides is 3. The summed E-state index contributed by atoms with van der Waals surface area (Å²) in [5, 5.41) is 1.62. The van der Waals surface area contributed by atoms with Crippen molar-refractivity contribution in [2.75, 3.05) is 7.11 Å². The van der Waals surface area contributed by atoms with Crippen LogP contribution in [0.5, 0.6) is 5.75 Å². The van der Waals surface area contributed by atoms with Crippen LogP contribution in [0.15, 0.2) is 30.3 Å². The lowest BCUT2D eigenvalue weighted by Crippen LogP contribution is -2.32. The maximum atomic E-state index is 12.8. The van der Waals surface area contributed by atoms with E-state index in [1.807, 2.05) is 6.07 Å². The van der Waals surface area contributed by atoms with Crippen molar-refractivity contribution < 1.29 is 27.4 Å². The Bertz CT molecular complexity index is 812. The molecule has 3 rings (SSSR count). The van der Waals surface area contributed by atoms with Crippen LogP contribution in [0.2, 0.25) is 0 Å². The summed E-state index contributed by atoms with van der Waals surface area (Å²) in [4.78, 5) is 11.9. The van der Waals surface area contributed by atoms with Crippen molar-refractivity contribution in [3.8, 4) is 5.75 Å². The number of fused-ring (bicyclic) bond motifs is 1. The predicted octanol–water partition coefficient (Wildman–Crippen LogP) is 5.73. The minimum absolute atomic E-state index is 0.102. The zero-order valence-corrected chi connectivity index (χ0v) is 16.3. The Morgan fingerprint density at radius 2 is 1.77 bits per heavy atom. The first-order chi connectivity index (χ1) is 12.3. The second-order valence-corrected chi connectivity index (χ2v) is 7.48. The number of methoxy groups -OCH3 is 1. The van der Waals surface area contributed by atoms with Gasteiger partial charge < -0.3 is 9.47 Å². The topological polar surface area (TPSA) is 35.5 Å². The molecule has 2 aromatic carbocycles. The van der Waals surface area contributed by atoms with Crippen molar-refractivity contribution in [2.24, 2.45) is 5.92 Å². The van der Waals surface area contributed by atoms with E-state index in [2.05, 4.69) is 22.6 Å². The van der Waals surface area contributed by atoms with Gasteiger partial charge in [-0.05, 0) is 77.2 Å². The van der Waals surface area contributed by atoms with Gasteiger partial charge in [0.1, 0.15) is 5.75 Å². The molecular formula is C19H18F3IO3. The molecule has 0 bridgehead atoms. The Morgan fingerprint density at radius 3 is 2.38 bits per heavy atom. The van der Waals surface area contributed by atoms with E-state index in [1.54, 1.807) is 24.3 Å². The SMILES string of the molecule is COC(=O)c1cccc2c(I)c(O[C@H]3CC[C@@H](C(F)(F)F)CC3)ccc12. The fraction of sp³-hybridized carbons (Fsp3) is 0.421. The van der Waals surface area contributed by atoms with Crippen molar-refractivity contribution in [2.45, 2.75) is 38.0 Å². The van der Waals surface area contributed by atoms with Gasteiger partial charge in [0, 0.05) is 0 Å². The summed E-state index contributed by atoms with van der Waals surface area (Å²) in [6.07, 6.45) is -3.35. The standard InChI is InChI=1S/C19H18F3IO3/c1-25-18(24)15-4-2-3-14-13(15)9-10-16(17(14)23)26-12-7-5-11(6-8-12)19(20,21)22/h2-4,9-12H,5-8H2,1H3/t11-,12+. The molecule has 2 aromatic rings. The van der Waals surface area contributed by atoms with Crippen LogP contribution >= 0.6 is 22.6 Å². The van der Waals surface area contributed by atoms with Gasteiger partial charge in [-0.1, -0.05) is 12.1 Å². The number of ether oxygens (including phenoxy) is 2. The van der Waals surface area contributed by atoms with Gasteiger partial charge >= 0.3 is 12.1 Å². The van der Waals surface area contributed by atoms with Crippen LogP contribution in [0.1, 0.15) is 36.0 Å². The molecule has 0 radical (unpaired) electrons. The summed E-state index contributed by atoms with van der Waals surface area (Å²) >= 11 is 2.15. The minimum Gasteiger partial charge on any atom is -0.489 e. The number of benzene rings is 2. The number of carbonyl (C=O) groups is 1. The molecule has 0 aliphatic heterocycles. The highest BCUT2D eigenvalue weighted by Crippen LogP contribution is 2.39. The van der Waals surface area contributed by atoms with E-state index >= 15 is 0 Å². The fourth-order valence-corrected chi connectivity index (χ4v) is 4.14. The smallest absolute Gasteiger partial charge is 0.391 e. The molecule has 0 aromatic heterocycles. The Hall–Kier alpha value is -1.51. The maximum absolute atomic E-state index is 12.8. The molecule has 1 aliphatic rings. The third-order valence-corrected chi connectivity index (χ3v) is 5.91. The van der Waals surface area contributed by atoms with E-state index < -0.39 is 18.1 Å². The second kappa shape index (κ2) is 7.62. The van der Waals surface area contributed by atoms with E-state index in [0.717, 1.165) is 14.3 Å². The predicted molar refractivity (Wildman–Crippen MR) is 100 cm³/mol. The first-order valence-corrected chi connectivity index (χ1v) is 9.42. The second-order valence-electron chi connectivity index (χ2n) is 6.40. The molecule has 0 saturated heterocycles. The van der Waals surface area contributed by atoms with Crippen LogP contribution in [0, 0.1) is 9.49 Å². The van der Waals surface area contributed by atoms with E-state index in [4.69, 9.17) is 9.47 Å². The maximum Gasteiger partial charge on any atom is 0.391 e. The summed E-state index contributed by atoms with van der Waals surface area (Å²) in [7, 11) is 1.33. The van der Waals surface area contributed by atoms with Crippen LogP contribution < -0.4 is 4.74 Å². The molecule has 7 heteroatoms. The molecule has 0 amide bonds. The zero-order valence-electron chi connectivity index (χ0n) is 14.1. The molecule has 0 spiro atoms. The molecular weight excluding hydrogens is 460 g/mol. The number of hydrogen-bond acceptors (Lipinski definition) is 3. The van der Waals surface area contributed by atoms with Crippen LogP contribution in [-0.4, -0.2) is 25.4 Å². The number of esters is 1. The largest absolute Gasteiger partial charge is 0.489 e. The van der Waals surface area contributed by atoms with Crippen LogP contribution in [-0.2, 0) is 4.74 Å². The van der Waals surface area contributed by atoms with Gasteiger partial charge in [-0.15, -0.1) is 0 Å². The molecule has 140 valence electrons. The van der Waals surface area contributed by atoms with Crippen molar-refractivity contribution >= 4 is 39.3 Å². The summed E-state index contributed by atoms with van der Waals surface area (Å²) in [6.45, 7) is 0. The highest BCUT2D eigenvalue weighted by atomic mass is 127. The summed E-state index contributed by atoms with van der Waals surface area (Å²) in [5.74, 6) is -0.998. The lowest BCUT2D eigenvalue weighted by atomic mass is 9.87. The lowest BCUT2D eigenvalue weighted by Gasteiger charge is -2.30. The number of rotatable bonds is 3. The summed E-state index contributed by atoms with van der Waals surface area (Å²) in [6, 6.07) is 8.92. The third kappa shape index (κ3) is 3.92. The highest BCUT2D eigenvalue weighted by molar-refractivity contribution is 14.1. The number of carbonyl (C=O) groups excluding carboxylic acids is 1. The fourth-order valence-electron chi connectivity index (χ4n) is 3.37. The molecule has 0 heterocycles. The van der Waals surface area contributed by atoms with Gasteiger partial charge in [0.25, 0.3) is 0 Å². The Labute approximate surface area is 163 Å². The van der Waals surface area contributed by atoms with Crippen LogP contribution in [0.3, 0.4) is 0 Å². The van der Waals surface area contributed by atoms with E-state index in [0.29, 0.717) is 24.2 Å². The molecule has 1 aliphatic carbocycles. The molecule has 0 atom stereocenters. The van der Waals surface area contributed by atoms with Crippen molar-refractivity contribution in [3.63, 3.8) is 0 Å². The minimum atomic E-state index is -4.12.